The molecule has 1 aliphatic rings. The summed E-state index contributed by atoms with van der Waals surface area (Å²) < 4.78 is 0. The standard InChI is InChI=1S/C29H35N5O7/c1-16(35)25(33-26(37)21(30)14-18-15-31-22-6-3-2-5-20(18)22)28(39)34-12-4-7-24(34)27(38)32-23(29(40)41)13-17-8-10-19(36)11-9-17/h2-3,5-6,8-11,15-16,21,23-25,31,35-36H,4,7,12-14,30H2,1H3,(H,32,38)(H,33,37)(H,40,41). The SMILES string of the molecule is CC(O)C(NC(=O)C(N)Cc1c[nH]c2ccccc12)C(=O)N1CCCC1C(=O)NC(Cc1ccc(O)cc1)C(=O)O. The number of rotatable bonds is 11. The van der Waals surface area contributed by atoms with Crippen molar-refractivity contribution in [1.82, 2.24) is 20.5 Å². The van der Waals surface area contributed by atoms with Crippen molar-refractivity contribution in [2.24, 2.45) is 5.73 Å². The molecule has 1 saturated heterocycles. The first-order valence-corrected chi connectivity index (χ1v) is 13.5. The molecule has 2 heterocycles. The summed E-state index contributed by atoms with van der Waals surface area (Å²) in [5.74, 6) is -3.15. The number of nitrogens with two attached hydrogens (primary N) is 1. The largest absolute Gasteiger partial charge is 0.508 e. The highest BCUT2D eigenvalue weighted by Gasteiger charge is 2.40. The van der Waals surface area contributed by atoms with Crippen LogP contribution in [-0.4, -0.2) is 85.7 Å². The fourth-order valence-electron chi connectivity index (χ4n) is 5.10. The predicted molar refractivity (Wildman–Crippen MR) is 150 cm³/mol. The quantitative estimate of drug-likeness (QED) is 0.173. The van der Waals surface area contributed by atoms with Crippen LogP contribution < -0.4 is 16.4 Å². The first-order chi connectivity index (χ1) is 19.5. The number of fused-ring (bicyclic) bond motifs is 1. The number of aliphatic carboxylic acids is 1. The molecule has 12 heteroatoms. The highest BCUT2D eigenvalue weighted by molar-refractivity contribution is 5.95. The van der Waals surface area contributed by atoms with Gasteiger partial charge in [0.2, 0.25) is 17.7 Å². The number of phenolic OH excluding ortho intramolecular Hbond substituents is 1. The lowest BCUT2D eigenvalue weighted by molar-refractivity contribution is -0.146. The van der Waals surface area contributed by atoms with Crippen molar-refractivity contribution in [1.29, 1.82) is 0 Å². The Balaban J connectivity index is 1.41. The minimum absolute atomic E-state index is 0.0251. The number of hydrogen-bond donors (Lipinski definition) is 7. The van der Waals surface area contributed by atoms with Crippen molar-refractivity contribution >= 4 is 34.6 Å². The maximum atomic E-state index is 13.5. The zero-order valence-electron chi connectivity index (χ0n) is 22.6. The molecule has 218 valence electrons. The minimum atomic E-state index is -1.35. The van der Waals surface area contributed by atoms with Gasteiger partial charge in [0.15, 0.2) is 0 Å². The number of carbonyl (C=O) groups is 4. The average Bonchev–Trinajstić information content (AvgIpc) is 3.59. The predicted octanol–water partition coefficient (Wildman–Crippen LogP) is 0.412. The summed E-state index contributed by atoms with van der Waals surface area (Å²) in [6.45, 7) is 1.56. The molecule has 4 rings (SSSR count). The maximum absolute atomic E-state index is 13.5. The molecule has 12 nitrogen and oxygen atoms in total. The summed E-state index contributed by atoms with van der Waals surface area (Å²) in [6.07, 6.45) is 1.45. The lowest BCUT2D eigenvalue weighted by Crippen LogP contribution is -2.59. The van der Waals surface area contributed by atoms with Crippen molar-refractivity contribution in [2.75, 3.05) is 6.54 Å². The Morgan fingerprint density at radius 3 is 2.46 bits per heavy atom. The maximum Gasteiger partial charge on any atom is 0.326 e. The second-order valence-electron chi connectivity index (χ2n) is 10.4. The number of H-pyrrole nitrogens is 1. The number of carboxylic acid groups (broad SMARTS) is 1. The number of aliphatic hydroxyl groups excluding tert-OH is 1. The van der Waals surface area contributed by atoms with Crippen LogP contribution in [0.4, 0.5) is 0 Å². The van der Waals surface area contributed by atoms with Gasteiger partial charge in [-0.1, -0.05) is 30.3 Å². The number of para-hydroxylation sites is 1. The zero-order chi connectivity index (χ0) is 29.7. The van der Waals surface area contributed by atoms with Crippen molar-refractivity contribution in [3.8, 4) is 5.75 Å². The molecular weight excluding hydrogens is 530 g/mol. The molecule has 2 aromatic carbocycles. The van der Waals surface area contributed by atoms with E-state index in [4.69, 9.17) is 5.73 Å². The van der Waals surface area contributed by atoms with Crippen LogP contribution in [0.5, 0.6) is 5.75 Å². The molecule has 3 amide bonds. The molecule has 1 aliphatic heterocycles. The van der Waals surface area contributed by atoms with E-state index < -0.39 is 54.0 Å². The van der Waals surface area contributed by atoms with E-state index in [1.54, 1.807) is 18.3 Å². The molecule has 0 saturated carbocycles. The number of carbonyl (C=O) groups excluding carboxylic acids is 3. The van der Waals surface area contributed by atoms with Crippen LogP contribution in [0.15, 0.2) is 54.7 Å². The molecule has 1 aromatic heterocycles. The van der Waals surface area contributed by atoms with Gasteiger partial charge in [0, 0.05) is 30.1 Å². The number of nitrogens with one attached hydrogen (secondary N) is 3. The first-order valence-electron chi connectivity index (χ1n) is 13.5. The van der Waals surface area contributed by atoms with Gasteiger partial charge < -0.3 is 41.6 Å². The van der Waals surface area contributed by atoms with Crippen LogP contribution in [0.2, 0.25) is 0 Å². The lowest BCUT2D eigenvalue weighted by atomic mass is 10.0. The molecule has 8 N–H and O–H groups in total. The number of aromatic hydroxyl groups is 1. The Bertz CT molecular complexity index is 1400. The van der Waals surface area contributed by atoms with Gasteiger partial charge in [-0.15, -0.1) is 0 Å². The van der Waals surface area contributed by atoms with Crippen LogP contribution in [0, 0.1) is 0 Å². The second kappa shape index (κ2) is 12.8. The van der Waals surface area contributed by atoms with E-state index in [0.717, 1.165) is 16.5 Å². The van der Waals surface area contributed by atoms with Crippen LogP contribution in [0.3, 0.4) is 0 Å². The Labute approximate surface area is 236 Å². The Hall–Kier alpha value is -4.42. The molecule has 1 fully saturated rings. The van der Waals surface area contributed by atoms with E-state index in [9.17, 15) is 34.5 Å². The number of aliphatic hydroxyl groups is 1. The fourth-order valence-corrected chi connectivity index (χ4v) is 5.10. The molecule has 0 spiro atoms. The lowest BCUT2D eigenvalue weighted by Gasteiger charge is -2.31. The van der Waals surface area contributed by atoms with Gasteiger partial charge in [0.05, 0.1) is 12.1 Å². The van der Waals surface area contributed by atoms with E-state index >= 15 is 0 Å². The van der Waals surface area contributed by atoms with Crippen molar-refractivity contribution < 1.29 is 34.5 Å². The number of benzene rings is 2. The summed E-state index contributed by atoms with van der Waals surface area (Å²) in [4.78, 5) is 55.9. The molecule has 5 unspecified atom stereocenters. The third kappa shape index (κ3) is 7.02. The second-order valence-corrected chi connectivity index (χ2v) is 10.4. The molecular formula is C29H35N5O7. The number of likely N-dealkylation sites (tertiary alicyclic amines) is 1. The summed E-state index contributed by atoms with van der Waals surface area (Å²) in [5, 5.41) is 35.5. The molecule has 3 aromatic rings. The van der Waals surface area contributed by atoms with Crippen LogP contribution in [0.25, 0.3) is 10.9 Å². The van der Waals surface area contributed by atoms with Gasteiger partial charge in [-0.25, -0.2) is 4.79 Å². The zero-order valence-corrected chi connectivity index (χ0v) is 22.6. The van der Waals surface area contributed by atoms with E-state index in [1.165, 1.54) is 24.0 Å². The highest BCUT2D eigenvalue weighted by Crippen LogP contribution is 2.21. The third-order valence-electron chi connectivity index (χ3n) is 7.33. The van der Waals surface area contributed by atoms with Crippen molar-refractivity contribution in [3.63, 3.8) is 0 Å². The monoisotopic (exact) mass is 565 g/mol. The van der Waals surface area contributed by atoms with Crippen molar-refractivity contribution in [2.45, 2.75) is 62.9 Å². The summed E-state index contributed by atoms with van der Waals surface area (Å²) in [7, 11) is 0. The Kier molecular flexibility index (Phi) is 9.25. The number of hydrogen-bond acceptors (Lipinski definition) is 7. The number of aromatic amines is 1. The number of nitrogens with zero attached hydrogens (tertiary/aromatic N) is 1. The Morgan fingerprint density at radius 1 is 1.07 bits per heavy atom. The van der Waals surface area contributed by atoms with Crippen LogP contribution in [0.1, 0.15) is 30.9 Å². The fraction of sp³-hybridized carbons (Fsp3) is 0.379. The first kappa shape index (κ1) is 29.6. The van der Waals surface area contributed by atoms with Gasteiger partial charge in [-0.2, -0.15) is 0 Å². The topological polar surface area (TPSA) is 198 Å². The van der Waals surface area contributed by atoms with E-state index in [2.05, 4.69) is 15.6 Å². The summed E-state index contributed by atoms with van der Waals surface area (Å²) in [5.41, 5.74) is 8.49. The van der Waals surface area contributed by atoms with Gasteiger partial charge >= 0.3 is 5.97 Å². The number of phenols is 1. The molecule has 0 radical (unpaired) electrons. The van der Waals surface area contributed by atoms with E-state index in [1.807, 2.05) is 24.3 Å². The summed E-state index contributed by atoms with van der Waals surface area (Å²) >= 11 is 0. The summed E-state index contributed by atoms with van der Waals surface area (Å²) in [6, 6.07) is 8.95. The van der Waals surface area contributed by atoms with Gasteiger partial charge in [0.25, 0.3) is 0 Å². The van der Waals surface area contributed by atoms with E-state index in [-0.39, 0.29) is 25.1 Å². The molecule has 0 bridgehead atoms. The van der Waals surface area contributed by atoms with Gasteiger partial charge in [-0.05, 0) is 55.5 Å². The van der Waals surface area contributed by atoms with Crippen LogP contribution >= 0.6 is 0 Å². The highest BCUT2D eigenvalue weighted by atomic mass is 16.4. The number of aromatic nitrogens is 1. The van der Waals surface area contributed by atoms with Crippen LogP contribution in [-0.2, 0) is 32.0 Å². The molecule has 41 heavy (non-hydrogen) atoms. The number of amides is 3. The smallest absolute Gasteiger partial charge is 0.326 e. The third-order valence-corrected chi connectivity index (χ3v) is 7.33. The van der Waals surface area contributed by atoms with Gasteiger partial charge in [0.1, 0.15) is 23.9 Å². The van der Waals surface area contributed by atoms with E-state index in [0.29, 0.717) is 18.4 Å². The molecule has 0 aliphatic carbocycles. The minimum Gasteiger partial charge on any atom is -0.508 e. The number of carboxylic acids is 1. The average molecular weight is 566 g/mol. The normalized spacial score (nSPS) is 17.9. The van der Waals surface area contributed by atoms with Crippen molar-refractivity contribution in [3.05, 3.63) is 65.9 Å². The Morgan fingerprint density at radius 2 is 1.78 bits per heavy atom. The van der Waals surface area contributed by atoms with Gasteiger partial charge in [-0.3, -0.25) is 14.4 Å². The molecule has 5 atom stereocenters.